The number of hydrogen-bond donors (Lipinski definition) is 2. The smallest absolute Gasteiger partial charge is 0.407 e. The van der Waals surface area contributed by atoms with E-state index in [0.29, 0.717) is 16.9 Å². The van der Waals surface area contributed by atoms with Gasteiger partial charge in [0, 0.05) is 40.5 Å². The lowest BCUT2D eigenvalue weighted by Gasteiger charge is -2.39. The van der Waals surface area contributed by atoms with Crippen LogP contribution in [0.3, 0.4) is 0 Å². The highest BCUT2D eigenvalue weighted by atomic mass is 32.1. The lowest BCUT2D eigenvalue weighted by atomic mass is 10.0. The third kappa shape index (κ3) is 7.23. The van der Waals surface area contributed by atoms with E-state index in [1.165, 1.54) is 11.3 Å². The fourth-order valence-electron chi connectivity index (χ4n) is 3.99. The van der Waals surface area contributed by atoms with Crippen LogP contribution in [-0.4, -0.2) is 28.6 Å². The number of ether oxygens (including phenoxy) is 1. The van der Waals surface area contributed by atoms with Gasteiger partial charge in [0.2, 0.25) is 0 Å². The quantitative estimate of drug-likeness (QED) is 0.297. The lowest BCUT2D eigenvalue weighted by Crippen LogP contribution is -2.52. The summed E-state index contributed by atoms with van der Waals surface area (Å²) in [5, 5.41) is 19.6. The van der Waals surface area contributed by atoms with Gasteiger partial charge in [-0.25, -0.2) is 4.79 Å². The molecule has 2 heterocycles. The zero-order valence-corrected chi connectivity index (χ0v) is 23.2. The van der Waals surface area contributed by atoms with Crippen molar-refractivity contribution in [1.29, 1.82) is 0 Å². The number of pyridine rings is 1. The first kappa shape index (κ1) is 28.3. The van der Waals surface area contributed by atoms with E-state index in [0.717, 1.165) is 26.5 Å². The van der Waals surface area contributed by atoms with Crippen molar-refractivity contribution in [2.24, 2.45) is 0 Å². The second kappa shape index (κ2) is 12.4. The number of aromatic nitrogens is 1. The van der Waals surface area contributed by atoms with Gasteiger partial charge in [0.25, 0.3) is 5.91 Å². The number of nitrogens with one attached hydrogen (secondary N) is 2. The number of nitrogens with zero attached hydrogens (tertiary/aromatic N) is 2. The third-order valence-electron chi connectivity index (χ3n) is 5.89. The predicted octanol–water partition coefficient (Wildman–Crippen LogP) is 5.44. The molecule has 4 rings (SSSR count). The molecular formula is C30H29N4O5S-. The van der Waals surface area contributed by atoms with Crippen LogP contribution in [0.1, 0.15) is 42.3 Å². The van der Waals surface area contributed by atoms with Gasteiger partial charge < -0.3 is 30.2 Å². The van der Waals surface area contributed by atoms with Crippen molar-refractivity contribution in [2.75, 3.05) is 10.2 Å². The van der Waals surface area contributed by atoms with Gasteiger partial charge in [-0.05, 0) is 73.7 Å². The van der Waals surface area contributed by atoms with Gasteiger partial charge in [0.15, 0.2) is 0 Å². The Morgan fingerprint density at radius 2 is 1.77 bits per heavy atom. The Hall–Kier alpha value is -4.70. The maximum absolute atomic E-state index is 13.2. The van der Waals surface area contributed by atoms with Crippen LogP contribution in [-0.2, 0) is 17.9 Å². The molecule has 0 aliphatic carbocycles. The average molecular weight is 558 g/mol. The van der Waals surface area contributed by atoms with Crippen molar-refractivity contribution in [2.45, 2.75) is 39.5 Å². The number of carbonyl (C=O) groups excluding carboxylic acids is 3. The topological polar surface area (TPSA) is 124 Å². The fourth-order valence-corrected chi connectivity index (χ4v) is 4.71. The van der Waals surface area contributed by atoms with Gasteiger partial charge in [-0.15, -0.1) is 11.3 Å². The van der Waals surface area contributed by atoms with Gasteiger partial charge >= 0.3 is 6.09 Å². The van der Waals surface area contributed by atoms with E-state index in [9.17, 15) is 19.5 Å². The molecule has 10 heteroatoms. The molecule has 3 amide bonds. The SMILES string of the molecule is CC(C)(C)N(C(=O)[O-])c1ccc(-c2cccs2)cc1NC(=O)c1ccc(CNC(=O)OCc2cccnc2)cc1. The molecule has 2 aromatic heterocycles. The molecule has 0 fully saturated rings. The molecule has 0 aliphatic heterocycles. The largest absolute Gasteiger partial charge is 0.530 e. The highest BCUT2D eigenvalue weighted by Crippen LogP contribution is 2.36. The van der Waals surface area contributed by atoms with E-state index >= 15 is 0 Å². The molecule has 0 saturated carbocycles. The number of hydrogen-bond acceptors (Lipinski definition) is 7. The van der Waals surface area contributed by atoms with Crippen molar-refractivity contribution >= 4 is 40.8 Å². The number of anilines is 2. The van der Waals surface area contributed by atoms with Gasteiger partial charge in [0.1, 0.15) is 12.7 Å². The van der Waals surface area contributed by atoms with Crippen molar-refractivity contribution in [1.82, 2.24) is 10.3 Å². The highest BCUT2D eigenvalue weighted by molar-refractivity contribution is 7.13. The summed E-state index contributed by atoms with van der Waals surface area (Å²) in [4.78, 5) is 43.4. The maximum atomic E-state index is 13.2. The minimum absolute atomic E-state index is 0.110. The molecule has 0 aliphatic rings. The molecule has 40 heavy (non-hydrogen) atoms. The van der Waals surface area contributed by atoms with E-state index in [4.69, 9.17) is 4.74 Å². The van der Waals surface area contributed by atoms with Crippen LogP contribution in [0.15, 0.2) is 84.5 Å². The summed E-state index contributed by atoms with van der Waals surface area (Å²) in [5.41, 5.74) is 2.61. The second-order valence-electron chi connectivity index (χ2n) is 9.92. The number of alkyl carbamates (subject to hydrolysis) is 1. The number of carboxylic acid groups (broad SMARTS) is 1. The summed E-state index contributed by atoms with van der Waals surface area (Å²) < 4.78 is 5.18. The molecule has 0 unspecified atom stereocenters. The van der Waals surface area contributed by atoms with E-state index in [2.05, 4.69) is 15.6 Å². The van der Waals surface area contributed by atoms with Crippen LogP contribution >= 0.6 is 11.3 Å². The second-order valence-corrected chi connectivity index (χ2v) is 10.9. The zero-order chi connectivity index (χ0) is 28.7. The van der Waals surface area contributed by atoms with Crippen LogP contribution in [0.5, 0.6) is 0 Å². The van der Waals surface area contributed by atoms with Gasteiger partial charge in [-0.2, -0.15) is 0 Å². The number of amides is 3. The maximum Gasteiger partial charge on any atom is 0.407 e. The fraction of sp³-hybridized carbons (Fsp3) is 0.200. The molecule has 0 spiro atoms. The van der Waals surface area contributed by atoms with E-state index in [-0.39, 0.29) is 13.2 Å². The highest BCUT2D eigenvalue weighted by Gasteiger charge is 2.26. The Labute approximate surface area is 236 Å². The molecule has 2 aromatic carbocycles. The molecule has 2 N–H and O–H groups in total. The first-order chi connectivity index (χ1) is 19.1. The molecule has 4 aromatic rings. The minimum Gasteiger partial charge on any atom is -0.530 e. The minimum atomic E-state index is -1.37. The van der Waals surface area contributed by atoms with Crippen molar-refractivity contribution in [3.8, 4) is 10.4 Å². The summed E-state index contributed by atoms with van der Waals surface area (Å²) in [5.74, 6) is -0.410. The van der Waals surface area contributed by atoms with Crippen molar-refractivity contribution < 1.29 is 24.2 Å². The van der Waals surface area contributed by atoms with Crippen LogP contribution < -0.4 is 20.6 Å². The lowest BCUT2D eigenvalue weighted by molar-refractivity contribution is -0.247. The molecule has 0 atom stereocenters. The average Bonchev–Trinajstić information content (AvgIpc) is 3.47. The Kier molecular flexibility index (Phi) is 8.80. The summed E-state index contributed by atoms with van der Waals surface area (Å²) in [6, 6.07) is 19.4. The standard InChI is InChI=1S/C30H30N4O5S/c1-30(2,3)34(29(37)38)25-13-12-23(26-7-5-15-40-26)16-24(25)33-27(35)22-10-8-20(9-11-22)18-32-28(36)39-19-21-6-4-14-31-17-21/h4-17H,18-19H2,1-3H3,(H,32,36)(H,33,35)(H,37,38)/p-1. The van der Waals surface area contributed by atoms with Crippen LogP contribution in [0, 0.1) is 0 Å². The monoisotopic (exact) mass is 557 g/mol. The number of benzene rings is 2. The summed E-state index contributed by atoms with van der Waals surface area (Å²) in [7, 11) is 0. The molecule has 206 valence electrons. The predicted molar refractivity (Wildman–Crippen MR) is 153 cm³/mol. The molecular weight excluding hydrogens is 528 g/mol. The molecule has 0 bridgehead atoms. The first-order valence-electron chi connectivity index (χ1n) is 12.5. The molecule has 9 nitrogen and oxygen atoms in total. The van der Waals surface area contributed by atoms with Crippen molar-refractivity contribution in [3.05, 3.63) is 101 Å². The Balaban J connectivity index is 1.46. The molecule has 0 saturated heterocycles. The molecule has 0 radical (unpaired) electrons. The van der Waals surface area contributed by atoms with E-state index < -0.39 is 23.6 Å². The number of carbonyl (C=O) groups is 3. The van der Waals surface area contributed by atoms with Gasteiger partial charge in [-0.3, -0.25) is 9.78 Å². The van der Waals surface area contributed by atoms with Crippen LogP contribution in [0.4, 0.5) is 21.0 Å². The van der Waals surface area contributed by atoms with E-state index in [1.807, 2.05) is 29.6 Å². The Morgan fingerprint density at radius 1 is 1.00 bits per heavy atom. The normalized spacial score (nSPS) is 11.0. The summed E-state index contributed by atoms with van der Waals surface area (Å²) in [6.07, 6.45) is 1.32. The van der Waals surface area contributed by atoms with Gasteiger partial charge in [-0.1, -0.05) is 30.3 Å². The zero-order valence-electron chi connectivity index (χ0n) is 22.3. The van der Waals surface area contributed by atoms with Crippen LogP contribution in [0.25, 0.3) is 10.4 Å². The van der Waals surface area contributed by atoms with E-state index in [1.54, 1.807) is 75.6 Å². The van der Waals surface area contributed by atoms with Crippen LogP contribution in [0.2, 0.25) is 0 Å². The summed E-state index contributed by atoms with van der Waals surface area (Å²) >= 11 is 1.54. The first-order valence-corrected chi connectivity index (χ1v) is 13.4. The Bertz CT molecular complexity index is 1470. The number of rotatable bonds is 8. The summed E-state index contributed by atoms with van der Waals surface area (Å²) in [6.45, 7) is 5.58. The Morgan fingerprint density at radius 3 is 2.40 bits per heavy atom. The third-order valence-corrected chi connectivity index (χ3v) is 6.81. The van der Waals surface area contributed by atoms with Gasteiger partial charge in [0.05, 0.1) is 11.4 Å². The van der Waals surface area contributed by atoms with Crippen molar-refractivity contribution in [3.63, 3.8) is 0 Å². The number of thiophene rings is 1.